The second kappa shape index (κ2) is 10.5. The summed E-state index contributed by atoms with van der Waals surface area (Å²) in [6.45, 7) is 7.12. The third-order valence-corrected chi connectivity index (χ3v) is 6.18. The van der Waals surface area contributed by atoms with Gasteiger partial charge in [-0.3, -0.25) is 0 Å². The molecule has 0 unspecified atom stereocenters. The minimum absolute atomic E-state index is 0.0342. The summed E-state index contributed by atoms with van der Waals surface area (Å²) >= 11 is 0. The highest BCUT2D eigenvalue weighted by Crippen LogP contribution is 2.30. The van der Waals surface area contributed by atoms with Gasteiger partial charge >= 0.3 is 5.97 Å². The number of hydrogen-bond donors (Lipinski definition) is 1. The maximum atomic E-state index is 12.7. The summed E-state index contributed by atoms with van der Waals surface area (Å²) in [5, 5.41) is 3.61. The Morgan fingerprint density at radius 2 is 1.68 bits per heavy atom. The van der Waals surface area contributed by atoms with Gasteiger partial charge < -0.3 is 15.0 Å². The van der Waals surface area contributed by atoms with E-state index < -0.39 is 0 Å². The molecule has 0 saturated carbocycles. The summed E-state index contributed by atoms with van der Waals surface area (Å²) in [6, 6.07) is 20.6. The SMILES string of the molecule is COC(=O)C1=CN(C(C)C)CCc2nc(-c3ccccc3)nc(N[C@H](C)c3ccccc3)c2C1. The average Bonchev–Trinajstić information content (AvgIpc) is 2.85. The van der Waals surface area contributed by atoms with Gasteiger partial charge in [0.2, 0.25) is 0 Å². The normalized spacial score (nSPS) is 14.5. The maximum Gasteiger partial charge on any atom is 0.335 e. The molecular weight excluding hydrogens is 424 g/mol. The third-order valence-electron chi connectivity index (χ3n) is 6.18. The number of fused-ring (bicyclic) bond motifs is 1. The van der Waals surface area contributed by atoms with Gasteiger partial charge in [-0.2, -0.15) is 0 Å². The van der Waals surface area contributed by atoms with Crippen LogP contribution in [-0.2, 0) is 22.4 Å². The smallest absolute Gasteiger partial charge is 0.335 e. The summed E-state index contributed by atoms with van der Waals surface area (Å²) < 4.78 is 5.12. The predicted molar refractivity (Wildman–Crippen MR) is 135 cm³/mol. The molecule has 6 nitrogen and oxygen atoms in total. The minimum atomic E-state index is -0.326. The van der Waals surface area contributed by atoms with Crippen molar-refractivity contribution in [3.05, 3.63) is 89.3 Å². The molecular formula is C28H32N4O2. The van der Waals surface area contributed by atoms with Crippen molar-refractivity contribution in [2.75, 3.05) is 19.0 Å². The molecule has 0 spiro atoms. The Kier molecular flexibility index (Phi) is 7.26. The Bertz CT molecular complexity index is 1160. The first-order chi connectivity index (χ1) is 16.5. The van der Waals surface area contributed by atoms with Gasteiger partial charge in [0.15, 0.2) is 5.82 Å². The van der Waals surface area contributed by atoms with Crippen LogP contribution in [0.2, 0.25) is 0 Å². The highest BCUT2D eigenvalue weighted by Gasteiger charge is 2.25. The van der Waals surface area contributed by atoms with E-state index in [0.29, 0.717) is 17.8 Å². The summed E-state index contributed by atoms with van der Waals surface area (Å²) in [4.78, 5) is 24.8. The number of carbonyl (C=O) groups excluding carboxylic acids is 1. The lowest BCUT2D eigenvalue weighted by Crippen LogP contribution is -2.31. The number of nitrogens with one attached hydrogen (secondary N) is 1. The van der Waals surface area contributed by atoms with E-state index in [0.717, 1.165) is 41.2 Å². The summed E-state index contributed by atoms with van der Waals surface area (Å²) in [5.74, 6) is 1.11. The average molecular weight is 457 g/mol. The van der Waals surface area contributed by atoms with Gasteiger partial charge in [0.25, 0.3) is 0 Å². The quantitative estimate of drug-likeness (QED) is 0.516. The van der Waals surface area contributed by atoms with Gasteiger partial charge in [-0.05, 0) is 26.3 Å². The van der Waals surface area contributed by atoms with Gasteiger partial charge in [0, 0.05) is 48.8 Å². The van der Waals surface area contributed by atoms with Crippen LogP contribution >= 0.6 is 0 Å². The number of esters is 1. The van der Waals surface area contributed by atoms with Crippen molar-refractivity contribution < 1.29 is 9.53 Å². The molecule has 1 aromatic heterocycles. The molecule has 2 heterocycles. The molecule has 4 rings (SSSR count). The van der Waals surface area contributed by atoms with E-state index in [9.17, 15) is 4.79 Å². The molecule has 6 heteroatoms. The predicted octanol–water partition coefficient (Wildman–Crippen LogP) is 5.18. The molecule has 0 aliphatic carbocycles. The zero-order chi connectivity index (χ0) is 24.1. The van der Waals surface area contributed by atoms with E-state index in [2.05, 4.69) is 43.1 Å². The Morgan fingerprint density at radius 3 is 2.32 bits per heavy atom. The number of ether oxygens (including phenoxy) is 1. The topological polar surface area (TPSA) is 67.3 Å². The molecule has 0 fully saturated rings. The Labute approximate surface area is 201 Å². The molecule has 3 aromatic rings. The highest BCUT2D eigenvalue weighted by atomic mass is 16.5. The number of aromatic nitrogens is 2. The van der Waals surface area contributed by atoms with Crippen LogP contribution < -0.4 is 5.32 Å². The second-order valence-electron chi connectivity index (χ2n) is 8.87. The second-order valence-corrected chi connectivity index (χ2v) is 8.87. The molecule has 1 aliphatic heterocycles. The van der Waals surface area contributed by atoms with E-state index in [1.165, 1.54) is 7.11 Å². The van der Waals surface area contributed by atoms with Gasteiger partial charge in [-0.1, -0.05) is 60.7 Å². The number of methoxy groups -OCH3 is 1. The summed E-state index contributed by atoms with van der Waals surface area (Å²) in [7, 11) is 1.42. The van der Waals surface area contributed by atoms with Crippen LogP contribution in [0.15, 0.2) is 72.4 Å². The number of benzene rings is 2. The van der Waals surface area contributed by atoms with E-state index >= 15 is 0 Å². The number of carbonyl (C=O) groups is 1. The van der Waals surface area contributed by atoms with Crippen molar-refractivity contribution in [3.8, 4) is 11.4 Å². The molecule has 176 valence electrons. The van der Waals surface area contributed by atoms with Crippen molar-refractivity contribution in [1.82, 2.24) is 14.9 Å². The minimum Gasteiger partial charge on any atom is -0.466 e. The molecule has 1 aliphatic rings. The van der Waals surface area contributed by atoms with Crippen LogP contribution in [-0.4, -0.2) is 40.5 Å². The first-order valence-corrected chi connectivity index (χ1v) is 11.8. The van der Waals surface area contributed by atoms with Gasteiger partial charge in [-0.15, -0.1) is 0 Å². The number of hydrogen-bond acceptors (Lipinski definition) is 6. The van der Waals surface area contributed by atoms with Crippen molar-refractivity contribution in [3.63, 3.8) is 0 Å². The lowest BCUT2D eigenvalue weighted by atomic mass is 9.99. The van der Waals surface area contributed by atoms with E-state index in [4.69, 9.17) is 14.7 Å². The summed E-state index contributed by atoms with van der Waals surface area (Å²) in [6.07, 6.45) is 3.11. The lowest BCUT2D eigenvalue weighted by Gasteiger charge is -2.29. The zero-order valence-electron chi connectivity index (χ0n) is 20.3. The third kappa shape index (κ3) is 5.28. The van der Waals surface area contributed by atoms with Crippen LogP contribution in [0.4, 0.5) is 5.82 Å². The molecule has 0 radical (unpaired) electrons. The fraction of sp³-hybridized carbons (Fsp3) is 0.321. The molecule has 1 N–H and O–H groups in total. The number of nitrogens with zero attached hydrogens (tertiary/aromatic N) is 3. The van der Waals surface area contributed by atoms with E-state index in [1.807, 2.05) is 54.7 Å². The van der Waals surface area contributed by atoms with Gasteiger partial charge in [-0.25, -0.2) is 14.8 Å². The van der Waals surface area contributed by atoms with Crippen LogP contribution in [0.25, 0.3) is 11.4 Å². The van der Waals surface area contributed by atoms with Crippen molar-refractivity contribution in [2.45, 2.75) is 45.7 Å². The Hall–Kier alpha value is -3.67. The largest absolute Gasteiger partial charge is 0.466 e. The van der Waals surface area contributed by atoms with Gasteiger partial charge in [0.05, 0.1) is 18.4 Å². The fourth-order valence-electron chi connectivity index (χ4n) is 4.19. The molecule has 1 atom stereocenters. The van der Waals surface area contributed by atoms with Crippen LogP contribution in [0, 0.1) is 0 Å². The molecule has 0 bridgehead atoms. The Balaban J connectivity index is 1.82. The number of rotatable bonds is 6. The Morgan fingerprint density at radius 1 is 1.00 bits per heavy atom. The van der Waals surface area contributed by atoms with E-state index in [1.54, 1.807) is 0 Å². The van der Waals surface area contributed by atoms with Crippen molar-refractivity contribution >= 4 is 11.8 Å². The highest BCUT2D eigenvalue weighted by molar-refractivity contribution is 5.89. The monoisotopic (exact) mass is 456 g/mol. The molecule has 0 amide bonds. The van der Waals surface area contributed by atoms with Crippen molar-refractivity contribution in [1.29, 1.82) is 0 Å². The molecule has 34 heavy (non-hydrogen) atoms. The van der Waals surface area contributed by atoms with Crippen LogP contribution in [0.3, 0.4) is 0 Å². The van der Waals surface area contributed by atoms with E-state index in [-0.39, 0.29) is 18.1 Å². The van der Waals surface area contributed by atoms with Crippen LogP contribution in [0.5, 0.6) is 0 Å². The lowest BCUT2D eigenvalue weighted by molar-refractivity contribution is -0.136. The first-order valence-electron chi connectivity index (χ1n) is 11.8. The standard InChI is InChI=1S/C28H32N4O2/c1-19(2)32-16-15-25-24(17-23(18-32)28(33)34-4)27(29-20(3)21-11-7-5-8-12-21)31-26(30-25)22-13-9-6-10-14-22/h5-14,18-20H,15-17H2,1-4H3,(H,29,30,31)/t20-/m1/s1. The van der Waals surface area contributed by atoms with Crippen LogP contribution in [0.1, 0.15) is 43.6 Å². The molecule has 0 saturated heterocycles. The molecule has 2 aromatic carbocycles. The van der Waals surface area contributed by atoms with Gasteiger partial charge in [0.1, 0.15) is 5.82 Å². The van der Waals surface area contributed by atoms with Crippen molar-refractivity contribution in [2.24, 2.45) is 0 Å². The first kappa shape index (κ1) is 23.5. The fourth-order valence-corrected chi connectivity index (χ4v) is 4.19. The zero-order valence-corrected chi connectivity index (χ0v) is 20.3. The number of anilines is 1. The maximum absolute atomic E-state index is 12.7. The summed E-state index contributed by atoms with van der Waals surface area (Å²) in [5.41, 5.74) is 4.63.